The van der Waals surface area contributed by atoms with Gasteiger partial charge in [0.1, 0.15) is 5.56 Å². The van der Waals surface area contributed by atoms with E-state index in [-0.39, 0.29) is 5.56 Å². The first-order valence-electron chi connectivity index (χ1n) is 7.23. The van der Waals surface area contributed by atoms with E-state index in [0.29, 0.717) is 6.04 Å². The van der Waals surface area contributed by atoms with Gasteiger partial charge in [-0.15, -0.1) is 0 Å². The summed E-state index contributed by atoms with van der Waals surface area (Å²) >= 11 is 0. The van der Waals surface area contributed by atoms with Crippen LogP contribution >= 0.6 is 0 Å². The number of hydrogen-bond acceptors (Lipinski definition) is 4. The van der Waals surface area contributed by atoms with Crippen LogP contribution in [0.15, 0.2) is 30.5 Å². The summed E-state index contributed by atoms with van der Waals surface area (Å²) in [6, 6.07) is 8.07. The Hall–Kier alpha value is -2.14. The highest BCUT2D eigenvalue weighted by atomic mass is 16.4. The van der Waals surface area contributed by atoms with Crippen molar-refractivity contribution in [2.45, 2.75) is 18.9 Å². The summed E-state index contributed by atoms with van der Waals surface area (Å²) < 4.78 is 0. The molecule has 1 fully saturated rings. The molecule has 1 aromatic carbocycles. The molecule has 0 radical (unpaired) electrons. The fourth-order valence-electron chi connectivity index (χ4n) is 3.04. The Morgan fingerprint density at radius 3 is 2.76 bits per heavy atom. The third kappa shape index (κ3) is 2.56. The van der Waals surface area contributed by atoms with Gasteiger partial charge in [-0.3, -0.25) is 4.98 Å². The van der Waals surface area contributed by atoms with Gasteiger partial charge >= 0.3 is 5.97 Å². The van der Waals surface area contributed by atoms with Crippen molar-refractivity contribution >= 4 is 22.6 Å². The lowest BCUT2D eigenvalue weighted by atomic mass is 10.0. The smallest absolute Gasteiger partial charge is 0.339 e. The van der Waals surface area contributed by atoms with Gasteiger partial charge in [-0.2, -0.15) is 0 Å². The Morgan fingerprint density at radius 2 is 2.05 bits per heavy atom. The van der Waals surface area contributed by atoms with Crippen LogP contribution in [0.2, 0.25) is 0 Å². The van der Waals surface area contributed by atoms with Crippen LogP contribution < -0.4 is 10.2 Å². The number of aromatic carboxylic acids is 1. The molecule has 0 bridgehead atoms. The molecule has 3 rings (SSSR count). The topological polar surface area (TPSA) is 65.5 Å². The van der Waals surface area contributed by atoms with Crippen LogP contribution in [-0.4, -0.2) is 42.2 Å². The molecule has 0 amide bonds. The van der Waals surface area contributed by atoms with Crippen LogP contribution in [0.1, 0.15) is 23.2 Å². The molecule has 1 aromatic heterocycles. The number of para-hydroxylation sites is 1. The summed E-state index contributed by atoms with van der Waals surface area (Å²) in [7, 11) is 1.99. The number of rotatable bonds is 3. The lowest BCUT2D eigenvalue weighted by Crippen LogP contribution is -2.41. The van der Waals surface area contributed by atoms with Gasteiger partial charge in [-0.25, -0.2) is 4.79 Å². The summed E-state index contributed by atoms with van der Waals surface area (Å²) in [5, 5.41) is 13.7. The Labute approximate surface area is 123 Å². The number of carbonyl (C=O) groups is 1. The minimum Gasteiger partial charge on any atom is -0.478 e. The second kappa shape index (κ2) is 5.69. The maximum Gasteiger partial charge on any atom is 0.339 e. The molecular weight excluding hydrogens is 266 g/mol. The van der Waals surface area contributed by atoms with E-state index >= 15 is 0 Å². The van der Waals surface area contributed by atoms with Crippen molar-refractivity contribution in [3.8, 4) is 0 Å². The monoisotopic (exact) mass is 285 g/mol. The largest absolute Gasteiger partial charge is 0.478 e. The van der Waals surface area contributed by atoms with Crippen molar-refractivity contribution in [1.29, 1.82) is 0 Å². The van der Waals surface area contributed by atoms with Crippen molar-refractivity contribution in [2.24, 2.45) is 0 Å². The zero-order valence-electron chi connectivity index (χ0n) is 12.0. The number of aromatic nitrogens is 1. The summed E-state index contributed by atoms with van der Waals surface area (Å²) in [4.78, 5) is 18.0. The first kappa shape index (κ1) is 13.8. The third-order valence-electron chi connectivity index (χ3n) is 4.19. The Morgan fingerprint density at radius 1 is 1.33 bits per heavy atom. The molecule has 1 aliphatic rings. The van der Waals surface area contributed by atoms with Crippen LogP contribution in [0.5, 0.6) is 0 Å². The molecule has 2 aromatic rings. The highest BCUT2D eigenvalue weighted by Gasteiger charge is 2.24. The second-order valence-corrected chi connectivity index (χ2v) is 5.43. The lowest BCUT2D eigenvalue weighted by molar-refractivity contribution is 0.0697. The molecule has 0 atom stereocenters. The molecule has 110 valence electrons. The fourth-order valence-corrected chi connectivity index (χ4v) is 3.04. The third-order valence-corrected chi connectivity index (χ3v) is 4.19. The molecule has 0 aliphatic carbocycles. The number of hydrogen-bond donors (Lipinski definition) is 2. The lowest BCUT2D eigenvalue weighted by Gasteiger charge is -2.34. The molecule has 0 spiro atoms. The van der Waals surface area contributed by atoms with Gasteiger partial charge in [-0.1, -0.05) is 18.2 Å². The minimum atomic E-state index is -0.927. The van der Waals surface area contributed by atoms with Crippen LogP contribution in [-0.2, 0) is 0 Å². The average Bonchev–Trinajstić information content (AvgIpc) is 2.53. The standard InChI is InChI=1S/C16H19N3O2/c1-19(11-6-8-17-9-7-11)15-12-4-2-3-5-14(12)18-10-13(15)16(20)21/h2-5,10-11,17H,6-9H2,1H3,(H,20,21). The maximum atomic E-state index is 11.6. The van der Waals surface area contributed by atoms with Gasteiger partial charge in [0.15, 0.2) is 0 Å². The first-order chi connectivity index (χ1) is 10.2. The van der Waals surface area contributed by atoms with Gasteiger partial charge in [-0.05, 0) is 32.0 Å². The van der Waals surface area contributed by atoms with E-state index in [4.69, 9.17) is 0 Å². The summed E-state index contributed by atoms with van der Waals surface area (Å²) in [6.45, 7) is 1.95. The highest BCUT2D eigenvalue weighted by molar-refractivity contribution is 6.04. The molecule has 5 heteroatoms. The van der Waals surface area contributed by atoms with E-state index in [1.807, 2.05) is 31.3 Å². The number of benzene rings is 1. The summed E-state index contributed by atoms with van der Waals surface area (Å²) in [5.74, 6) is -0.927. The summed E-state index contributed by atoms with van der Waals surface area (Å²) in [5.41, 5.74) is 1.88. The molecule has 21 heavy (non-hydrogen) atoms. The van der Waals surface area contributed by atoms with Gasteiger partial charge in [0.25, 0.3) is 0 Å². The Balaban J connectivity index is 2.13. The predicted octanol–water partition coefficient (Wildman–Crippen LogP) is 2.12. The number of pyridine rings is 1. The van der Waals surface area contributed by atoms with Crippen LogP contribution in [0.4, 0.5) is 5.69 Å². The van der Waals surface area contributed by atoms with Crippen molar-refractivity contribution in [1.82, 2.24) is 10.3 Å². The number of fused-ring (bicyclic) bond motifs is 1. The van der Waals surface area contributed by atoms with E-state index in [0.717, 1.165) is 42.5 Å². The summed E-state index contributed by atoms with van der Waals surface area (Å²) in [6.07, 6.45) is 3.51. The van der Waals surface area contributed by atoms with E-state index in [2.05, 4.69) is 15.2 Å². The van der Waals surface area contributed by atoms with E-state index in [1.54, 1.807) is 0 Å². The van der Waals surface area contributed by atoms with E-state index < -0.39 is 5.97 Å². The highest BCUT2D eigenvalue weighted by Crippen LogP contribution is 2.31. The molecule has 2 N–H and O–H groups in total. The molecular formula is C16H19N3O2. The number of carboxylic acid groups (broad SMARTS) is 1. The van der Waals surface area contributed by atoms with Crippen LogP contribution in [0.25, 0.3) is 10.9 Å². The van der Waals surface area contributed by atoms with E-state index in [9.17, 15) is 9.90 Å². The normalized spacial score (nSPS) is 16.0. The van der Waals surface area contributed by atoms with Crippen molar-refractivity contribution < 1.29 is 9.90 Å². The minimum absolute atomic E-state index is 0.273. The number of nitrogens with one attached hydrogen (secondary N) is 1. The quantitative estimate of drug-likeness (QED) is 0.904. The van der Waals surface area contributed by atoms with Crippen molar-refractivity contribution in [3.05, 3.63) is 36.0 Å². The SMILES string of the molecule is CN(c1c(C(=O)O)cnc2ccccc12)C1CCNCC1. The zero-order chi connectivity index (χ0) is 14.8. The van der Waals surface area contributed by atoms with Crippen LogP contribution in [0, 0.1) is 0 Å². The zero-order valence-corrected chi connectivity index (χ0v) is 12.0. The number of carboxylic acids is 1. The van der Waals surface area contributed by atoms with Crippen LogP contribution in [0.3, 0.4) is 0 Å². The van der Waals surface area contributed by atoms with Gasteiger partial charge in [0, 0.05) is 24.7 Å². The first-order valence-corrected chi connectivity index (χ1v) is 7.23. The average molecular weight is 285 g/mol. The molecule has 0 saturated carbocycles. The van der Waals surface area contributed by atoms with Gasteiger partial charge in [0.05, 0.1) is 11.2 Å². The van der Waals surface area contributed by atoms with Gasteiger partial charge < -0.3 is 15.3 Å². The number of piperidine rings is 1. The number of anilines is 1. The van der Waals surface area contributed by atoms with Crippen molar-refractivity contribution in [3.63, 3.8) is 0 Å². The number of nitrogens with zero attached hydrogens (tertiary/aromatic N) is 2. The Bertz CT molecular complexity index is 666. The molecule has 0 unspecified atom stereocenters. The second-order valence-electron chi connectivity index (χ2n) is 5.43. The Kier molecular flexibility index (Phi) is 3.75. The maximum absolute atomic E-state index is 11.6. The van der Waals surface area contributed by atoms with E-state index in [1.165, 1.54) is 6.20 Å². The molecule has 5 nitrogen and oxygen atoms in total. The van der Waals surface area contributed by atoms with Gasteiger partial charge in [0.2, 0.25) is 0 Å². The predicted molar refractivity (Wildman–Crippen MR) is 83.0 cm³/mol. The fraction of sp³-hybridized carbons (Fsp3) is 0.375. The molecule has 1 aliphatic heterocycles. The molecule has 1 saturated heterocycles. The van der Waals surface area contributed by atoms with Crippen molar-refractivity contribution in [2.75, 3.05) is 25.0 Å². The molecule has 2 heterocycles.